The summed E-state index contributed by atoms with van der Waals surface area (Å²) in [5, 5.41) is 8.54. The Kier molecular flexibility index (Phi) is 6.90. The van der Waals surface area contributed by atoms with Gasteiger partial charge in [0.05, 0.1) is 11.9 Å². The quantitative estimate of drug-likeness (QED) is 0.324. The van der Waals surface area contributed by atoms with E-state index in [1.54, 1.807) is 10.9 Å². The van der Waals surface area contributed by atoms with Crippen molar-refractivity contribution in [3.8, 4) is 17.1 Å². The first-order chi connectivity index (χ1) is 16.2. The smallest absolute Gasteiger partial charge is 0.311 e. The topological polar surface area (TPSA) is 75.4 Å². The summed E-state index contributed by atoms with van der Waals surface area (Å²) in [6, 6.07) is 27.3. The number of nitrogens with zero attached hydrogens (tertiary/aromatic N) is 5. The minimum Gasteiger partial charge on any atom is -0.372 e. The second-order valence-corrected chi connectivity index (χ2v) is 7.34. The molecule has 0 bridgehead atoms. The number of hydrazone groups is 1. The normalized spacial score (nSPS) is 11.0. The number of nitrogens with one attached hydrogen (secondary N) is 1. The van der Waals surface area contributed by atoms with Crippen molar-refractivity contribution in [2.45, 2.75) is 13.8 Å². The maximum absolute atomic E-state index is 12.7. The Balaban J connectivity index is 1.52. The highest BCUT2D eigenvalue weighted by Gasteiger charge is 2.18. The fourth-order valence-electron chi connectivity index (χ4n) is 3.51. The first kappa shape index (κ1) is 22.0. The summed E-state index contributed by atoms with van der Waals surface area (Å²) in [5.41, 5.74) is 6.26. The predicted octanol–water partition coefficient (Wildman–Crippen LogP) is 4.54. The zero-order chi connectivity index (χ0) is 23.0. The molecule has 0 fully saturated rings. The van der Waals surface area contributed by atoms with Crippen LogP contribution in [0.3, 0.4) is 0 Å². The Morgan fingerprint density at radius 3 is 2.21 bits per heavy atom. The van der Waals surface area contributed by atoms with Crippen molar-refractivity contribution in [2.75, 3.05) is 18.0 Å². The monoisotopic (exact) mass is 438 g/mol. The predicted molar refractivity (Wildman–Crippen MR) is 132 cm³/mol. The molecular weight excluding hydrogens is 412 g/mol. The van der Waals surface area contributed by atoms with Crippen molar-refractivity contribution >= 4 is 17.8 Å². The van der Waals surface area contributed by atoms with E-state index in [1.807, 2.05) is 84.9 Å². The molecule has 1 N–H and O–H groups in total. The fraction of sp³-hybridized carbons (Fsp3) is 0.154. The second kappa shape index (κ2) is 10.4. The molecule has 166 valence electrons. The highest BCUT2D eigenvalue weighted by molar-refractivity contribution is 5.92. The fourth-order valence-corrected chi connectivity index (χ4v) is 3.51. The largest absolute Gasteiger partial charge is 0.372 e. The summed E-state index contributed by atoms with van der Waals surface area (Å²) in [5.74, 6) is 0.160. The Labute approximate surface area is 193 Å². The Morgan fingerprint density at radius 2 is 1.58 bits per heavy atom. The van der Waals surface area contributed by atoms with Gasteiger partial charge in [-0.05, 0) is 43.7 Å². The van der Waals surface area contributed by atoms with Crippen molar-refractivity contribution in [2.24, 2.45) is 5.10 Å². The van der Waals surface area contributed by atoms with Gasteiger partial charge in [0, 0.05) is 24.3 Å². The van der Waals surface area contributed by atoms with Crippen LogP contribution in [0.4, 0.5) is 5.69 Å². The van der Waals surface area contributed by atoms with E-state index < -0.39 is 5.91 Å². The number of anilines is 1. The van der Waals surface area contributed by atoms with Crippen LogP contribution in [0.25, 0.3) is 17.1 Å². The Hall–Kier alpha value is -4.26. The summed E-state index contributed by atoms with van der Waals surface area (Å²) >= 11 is 0. The van der Waals surface area contributed by atoms with Gasteiger partial charge in [0.1, 0.15) is 0 Å². The molecule has 1 heterocycles. The third-order valence-electron chi connectivity index (χ3n) is 5.24. The van der Waals surface area contributed by atoms with Crippen LogP contribution in [0.1, 0.15) is 30.0 Å². The van der Waals surface area contributed by atoms with Gasteiger partial charge in [0.25, 0.3) is 0 Å². The standard InChI is InChI=1S/C26H26N6O/c1-3-31(4-2)22-17-15-20(16-18-22)19-27-29-26(33)24-28-25(21-11-7-5-8-12-21)32(30-24)23-13-9-6-10-14-23/h5-19H,3-4H2,1-2H3,(H,29,33)/b27-19+. The van der Waals surface area contributed by atoms with Crippen molar-refractivity contribution in [3.05, 3.63) is 96.3 Å². The molecule has 0 aliphatic rings. The molecule has 33 heavy (non-hydrogen) atoms. The van der Waals surface area contributed by atoms with E-state index >= 15 is 0 Å². The maximum atomic E-state index is 12.7. The molecule has 3 aromatic carbocycles. The van der Waals surface area contributed by atoms with Gasteiger partial charge >= 0.3 is 5.91 Å². The van der Waals surface area contributed by atoms with E-state index in [0.29, 0.717) is 5.82 Å². The molecule has 0 saturated carbocycles. The highest BCUT2D eigenvalue weighted by Crippen LogP contribution is 2.21. The van der Waals surface area contributed by atoms with Crippen LogP contribution in [0, 0.1) is 0 Å². The van der Waals surface area contributed by atoms with E-state index in [9.17, 15) is 4.79 Å². The summed E-state index contributed by atoms with van der Waals surface area (Å²) in [4.78, 5) is 19.5. The first-order valence-corrected chi connectivity index (χ1v) is 11.0. The van der Waals surface area contributed by atoms with Crippen LogP contribution in [0.15, 0.2) is 90.0 Å². The van der Waals surface area contributed by atoms with Crippen LogP contribution < -0.4 is 10.3 Å². The van der Waals surface area contributed by atoms with Crippen molar-refractivity contribution in [3.63, 3.8) is 0 Å². The number of hydrogen-bond donors (Lipinski definition) is 1. The van der Waals surface area contributed by atoms with Crippen LogP contribution in [-0.2, 0) is 0 Å². The molecule has 0 aliphatic heterocycles. The van der Waals surface area contributed by atoms with E-state index in [0.717, 1.165) is 35.6 Å². The number of benzene rings is 3. The van der Waals surface area contributed by atoms with Crippen LogP contribution in [-0.4, -0.2) is 40.0 Å². The highest BCUT2D eigenvalue weighted by atomic mass is 16.2. The van der Waals surface area contributed by atoms with Gasteiger partial charge in [0.2, 0.25) is 5.82 Å². The molecule has 0 radical (unpaired) electrons. The minimum absolute atomic E-state index is 0.0479. The molecule has 1 aromatic heterocycles. The molecule has 0 spiro atoms. The minimum atomic E-state index is -0.474. The SMILES string of the molecule is CCN(CC)c1ccc(/C=N/NC(=O)c2nc(-c3ccccc3)n(-c3ccccc3)n2)cc1. The van der Waals surface area contributed by atoms with Crippen LogP contribution in [0.5, 0.6) is 0 Å². The number of hydrogen-bond acceptors (Lipinski definition) is 5. The van der Waals surface area contributed by atoms with Crippen LogP contribution >= 0.6 is 0 Å². The van der Waals surface area contributed by atoms with Crippen molar-refractivity contribution in [1.82, 2.24) is 20.2 Å². The molecule has 0 aliphatic carbocycles. The molecule has 0 unspecified atom stereocenters. The summed E-state index contributed by atoms with van der Waals surface area (Å²) in [6.45, 7) is 6.16. The number of rotatable bonds is 8. The molecule has 1 amide bonds. The number of para-hydroxylation sites is 1. The van der Waals surface area contributed by atoms with Gasteiger partial charge in [-0.25, -0.2) is 15.1 Å². The molecule has 0 saturated heterocycles. The first-order valence-electron chi connectivity index (χ1n) is 11.0. The van der Waals surface area contributed by atoms with Crippen molar-refractivity contribution < 1.29 is 4.79 Å². The molecule has 7 heteroatoms. The Morgan fingerprint density at radius 1 is 0.939 bits per heavy atom. The maximum Gasteiger partial charge on any atom is 0.311 e. The molecular formula is C26H26N6O. The van der Waals surface area contributed by atoms with Gasteiger partial charge in [-0.3, -0.25) is 4.79 Å². The molecule has 7 nitrogen and oxygen atoms in total. The number of aromatic nitrogens is 3. The van der Waals surface area contributed by atoms with Gasteiger partial charge < -0.3 is 4.90 Å². The average molecular weight is 439 g/mol. The lowest BCUT2D eigenvalue weighted by Gasteiger charge is -2.20. The Bertz CT molecular complexity index is 1160. The van der Waals surface area contributed by atoms with Gasteiger partial charge in [0.15, 0.2) is 5.82 Å². The lowest BCUT2D eigenvalue weighted by Crippen LogP contribution is -2.21. The summed E-state index contributed by atoms with van der Waals surface area (Å²) in [7, 11) is 0. The zero-order valence-electron chi connectivity index (χ0n) is 18.7. The number of carbonyl (C=O) groups excluding carboxylic acids is 1. The number of carbonyl (C=O) groups is 1. The van der Waals surface area contributed by atoms with E-state index in [-0.39, 0.29) is 5.82 Å². The lowest BCUT2D eigenvalue weighted by molar-refractivity contribution is 0.0945. The molecule has 4 aromatic rings. The third-order valence-corrected chi connectivity index (χ3v) is 5.24. The van der Waals surface area contributed by atoms with Crippen LogP contribution in [0.2, 0.25) is 0 Å². The number of amides is 1. The molecule has 4 rings (SSSR count). The lowest BCUT2D eigenvalue weighted by atomic mass is 10.2. The zero-order valence-corrected chi connectivity index (χ0v) is 18.7. The third kappa shape index (κ3) is 5.15. The van der Waals surface area contributed by atoms with Gasteiger partial charge in [-0.1, -0.05) is 60.7 Å². The van der Waals surface area contributed by atoms with Gasteiger partial charge in [-0.2, -0.15) is 5.10 Å². The summed E-state index contributed by atoms with van der Waals surface area (Å²) in [6.07, 6.45) is 1.61. The van der Waals surface area contributed by atoms with Crippen molar-refractivity contribution in [1.29, 1.82) is 0 Å². The van der Waals surface area contributed by atoms with E-state index in [4.69, 9.17) is 0 Å². The van der Waals surface area contributed by atoms with Gasteiger partial charge in [-0.15, -0.1) is 5.10 Å². The summed E-state index contributed by atoms with van der Waals surface area (Å²) < 4.78 is 1.67. The van der Waals surface area contributed by atoms with E-state index in [2.05, 4.69) is 39.4 Å². The average Bonchev–Trinajstić information content (AvgIpc) is 3.32. The van der Waals surface area contributed by atoms with E-state index in [1.165, 1.54) is 0 Å². The second-order valence-electron chi connectivity index (χ2n) is 7.34. The molecule has 0 atom stereocenters.